The molecule has 0 atom stereocenters. The number of likely N-dealkylation sites (N-methyl/N-ethyl adjacent to an activating group) is 1. The Morgan fingerprint density at radius 1 is 1.08 bits per heavy atom. The number of aliphatic hydroxyl groups excluding tert-OH is 1. The van der Waals surface area contributed by atoms with Crippen LogP contribution in [0.2, 0.25) is 0 Å². The lowest BCUT2D eigenvalue weighted by atomic mass is 10.0. The number of benzene rings is 3. The van der Waals surface area contributed by atoms with E-state index in [1.807, 2.05) is 83.0 Å². The van der Waals surface area contributed by atoms with Gasteiger partial charge < -0.3 is 14.6 Å². The zero-order chi connectivity index (χ0) is 27.4. The van der Waals surface area contributed by atoms with E-state index in [9.17, 15) is 22.9 Å². The fourth-order valence-corrected chi connectivity index (χ4v) is 4.34. The Morgan fingerprint density at radius 3 is 2.39 bits per heavy atom. The van der Waals surface area contributed by atoms with Gasteiger partial charge in [-0.25, -0.2) is 13.0 Å². The maximum atomic E-state index is 13.1. The first kappa shape index (κ1) is 27.1. The molecule has 0 radical (unpaired) electrons. The highest BCUT2D eigenvalue weighted by molar-refractivity contribution is 7.80. The van der Waals surface area contributed by atoms with Crippen molar-refractivity contribution < 1.29 is 26.8 Å². The second kappa shape index (κ2) is 11.2. The summed E-state index contributed by atoms with van der Waals surface area (Å²) in [4.78, 5) is 15.2. The third kappa shape index (κ3) is 5.48. The maximum absolute atomic E-state index is 13.1. The maximum Gasteiger partial charge on any atom is 0.335 e. The number of hydrogen-bond acceptors (Lipinski definition) is 9. The van der Waals surface area contributed by atoms with E-state index < -0.39 is 10.4 Å². The Hall–Kier alpha value is -3.97. The van der Waals surface area contributed by atoms with Crippen LogP contribution in [0, 0.1) is 0 Å². The van der Waals surface area contributed by atoms with E-state index in [0.717, 1.165) is 47.0 Å². The van der Waals surface area contributed by atoms with Crippen LogP contribution in [0.4, 0.5) is 17.1 Å². The number of aliphatic hydroxyl groups is 1. The molecule has 198 valence electrons. The summed E-state index contributed by atoms with van der Waals surface area (Å²) >= 11 is 0. The fourth-order valence-electron chi connectivity index (χ4n) is 4.34. The Bertz CT molecular complexity index is 1770. The first-order valence-electron chi connectivity index (χ1n) is 11.7. The summed E-state index contributed by atoms with van der Waals surface area (Å²) < 4.78 is 34.8. The minimum absolute atomic E-state index is 0.00337. The second-order valence-electron chi connectivity index (χ2n) is 8.36. The summed E-state index contributed by atoms with van der Waals surface area (Å²) in [6, 6.07) is 17.5. The van der Waals surface area contributed by atoms with Crippen LogP contribution < -0.4 is 14.9 Å². The third-order valence-electron chi connectivity index (χ3n) is 6.15. The smallest absolute Gasteiger partial charge is 0.335 e. The molecule has 38 heavy (non-hydrogen) atoms. The van der Waals surface area contributed by atoms with Crippen molar-refractivity contribution in [3.63, 3.8) is 0 Å². The molecule has 0 aliphatic carbocycles. The molecule has 0 fully saturated rings. The number of anilines is 1. The lowest BCUT2D eigenvalue weighted by molar-refractivity contribution is -0.644. The standard InChI is InChI=1S/C25H24N5O2.CH4O4S/c1-3-29(15-16-31)18-9-7-17(8-10-18)26-27-21-11-12-22-23-19(21)5-4-6-20(23)24(32)25-28(2)13-14-30(22)25;1-5-6(2,3)4/h4-14,31H,3,15-16H2,1-2H3;1H3,(H,2,3,4)/q+1;/p-1/b27-26+;. The SMILES string of the molecule is CCN(CCO)c1ccc(/N=N/c2ccc3c4c2cccc4c(=O)c2n3cc[n+]2C)cc1.COS(=O)(=O)[O-]. The summed E-state index contributed by atoms with van der Waals surface area (Å²) in [7, 11) is -1.72. The molecule has 2 heterocycles. The molecule has 0 spiro atoms. The molecule has 0 saturated heterocycles. The van der Waals surface area contributed by atoms with Crippen molar-refractivity contribution in [1.29, 1.82) is 0 Å². The molecule has 5 aromatic rings. The Morgan fingerprint density at radius 2 is 1.76 bits per heavy atom. The highest BCUT2D eigenvalue weighted by atomic mass is 32.3. The van der Waals surface area contributed by atoms with Gasteiger partial charge in [0.15, 0.2) is 0 Å². The van der Waals surface area contributed by atoms with Gasteiger partial charge in [0.2, 0.25) is 10.4 Å². The van der Waals surface area contributed by atoms with Crippen LogP contribution >= 0.6 is 0 Å². The van der Waals surface area contributed by atoms with Gasteiger partial charge in [0.1, 0.15) is 17.9 Å². The van der Waals surface area contributed by atoms with Gasteiger partial charge in [-0.1, -0.05) is 12.1 Å². The van der Waals surface area contributed by atoms with Gasteiger partial charge in [-0.05, 0) is 49.4 Å². The lowest BCUT2D eigenvalue weighted by Crippen LogP contribution is -2.31. The van der Waals surface area contributed by atoms with Crippen molar-refractivity contribution in [1.82, 2.24) is 4.40 Å². The molecule has 2 aromatic heterocycles. The van der Waals surface area contributed by atoms with E-state index in [0.29, 0.717) is 17.6 Å². The molecule has 0 bridgehead atoms. The molecule has 0 aliphatic heterocycles. The van der Waals surface area contributed by atoms with Crippen LogP contribution in [0.1, 0.15) is 6.92 Å². The monoisotopic (exact) mass is 537 g/mol. The number of rotatable bonds is 7. The quantitative estimate of drug-likeness (QED) is 0.145. The van der Waals surface area contributed by atoms with Crippen molar-refractivity contribution in [3.8, 4) is 0 Å². The lowest BCUT2D eigenvalue weighted by Gasteiger charge is -2.21. The zero-order valence-corrected chi connectivity index (χ0v) is 21.9. The van der Waals surface area contributed by atoms with Crippen LogP contribution in [-0.2, 0) is 21.6 Å². The minimum Gasteiger partial charge on any atom is -0.726 e. The number of azo groups is 1. The van der Waals surface area contributed by atoms with E-state index in [1.165, 1.54) is 0 Å². The number of pyridine rings is 1. The average Bonchev–Trinajstić information content (AvgIpc) is 3.31. The Labute approximate surface area is 219 Å². The fraction of sp³-hybridized carbons (Fsp3) is 0.231. The number of imidazole rings is 1. The molecular weight excluding hydrogens is 510 g/mol. The second-order valence-corrected chi connectivity index (χ2v) is 9.51. The summed E-state index contributed by atoms with van der Waals surface area (Å²) in [5.41, 5.74) is 4.11. The number of fused-ring (bicyclic) bond motifs is 2. The number of hydrogen-bond donors (Lipinski definition) is 1. The van der Waals surface area contributed by atoms with Gasteiger partial charge in [-0.3, -0.25) is 8.98 Å². The van der Waals surface area contributed by atoms with Gasteiger partial charge in [0, 0.05) is 34.9 Å². The molecule has 0 unspecified atom stereocenters. The first-order valence-corrected chi connectivity index (χ1v) is 13.1. The third-order valence-corrected chi connectivity index (χ3v) is 6.56. The van der Waals surface area contributed by atoms with Gasteiger partial charge in [-0.15, -0.1) is 5.11 Å². The molecule has 0 saturated carbocycles. The molecule has 1 N–H and O–H groups in total. The van der Waals surface area contributed by atoms with E-state index >= 15 is 0 Å². The van der Waals surface area contributed by atoms with Crippen LogP contribution in [0.25, 0.3) is 27.3 Å². The van der Waals surface area contributed by atoms with Crippen molar-refractivity contribution in [2.75, 3.05) is 31.7 Å². The van der Waals surface area contributed by atoms with Gasteiger partial charge in [0.25, 0.3) is 5.43 Å². The largest absolute Gasteiger partial charge is 0.726 e. The van der Waals surface area contributed by atoms with E-state index in [2.05, 4.69) is 26.2 Å². The first-order chi connectivity index (χ1) is 18.2. The summed E-state index contributed by atoms with van der Waals surface area (Å²) in [5.74, 6) is 0. The van der Waals surface area contributed by atoms with Gasteiger partial charge in [0.05, 0.1) is 32.1 Å². The topological polar surface area (TPSA) is 140 Å². The van der Waals surface area contributed by atoms with Crippen LogP contribution in [0.15, 0.2) is 82.0 Å². The van der Waals surface area contributed by atoms with Crippen LogP contribution in [-0.4, -0.2) is 49.3 Å². The predicted molar refractivity (Wildman–Crippen MR) is 143 cm³/mol. The molecule has 12 heteroatoms. The zero-order valence-electron chi connectivity index (χ0n) is 21.1. The molecule has 5 rings (SSSR count). The average molecular weight is 538 g/mol. The Kier molecular flexibility index (Phi) is 7.97. The summed E-state index contributed by atoms with van der Waals surface area (Å²) in [5, 5.41) is 20.6. The van der Waals surface area contributed by atoms with E-state index in [-0.39, 0.29) is 12.0 Å². The molecule has 0 amide bonds. The van der Waals surface area contributed by atoms with Crippen LogP contribution in [0.5, 0.6) is 0 Å². The highest BCUT2D eigenvalue weighted by Gasteiger charge is 2.20. The normalized spacial score (nSPS) is 11.9. The highest BCUT2D eigenvalue weighted by Crippen LogP contribution is 2.33. The molecule has 0 aliphatic rings. The number of aryl methyl sites for hydroxylation is 1. The molecular formula is C26H27N5O6S. The Balaban J connectivity index is 0.000000505. The van der Waals surface area contributed by atoms with Crippen molar-refractivity contribution in [3.05, 3.63) is 77.2 Å². The minimum atomic E-state index is -4.41. The van der Waals surface area contributed by atoms with Gasteiger partial charge in [-0.2, -0.15) is 9.51 Å². The predicted octanol–water partition coefficient (Wildman–Crippen LogP) is 3.20. The van der Waals surface area contributed by atoms with Crippen LogP contribution in [0.3, 0.4) is 0 Å². The van der Waals surface area contributed by atoms with Crippen molar-refractivity contribution in [2.45, 2.75) is 6.92 Å². The summed E-state index contributed by atoms with van der Waals surface area (Å²) in [6.45, 7) is 3.59. The van der Waals surface area contributed by atoms with E-state index in [1.54, 1.807) is 0 Å². The van der Waals surface area contributed by atoms with E-state index in [4.69, 9.17) is 0 Å². The molecule has 3 aromatic carbocycles. The molecule has 11 nitrogen and oxygen atoms in total. The van der Waals surface area contributed by atoms with Crippen molar-refractivity contribution in [2.24, 2.45) is 17.3 Å². The number of aromatic nitrogens is 2. The number of nitrogens with zero attached hydrogens (tertiary/aromatic N) is 5. The summed E-state index contributed by atoms with van der Waals surface area (Å²) in [6.07, 6.45) is 3.81. The van der Waals surface area contributed by atoms with Gasteiger partial charge >= 0.3 is 5.65 Å². The van der Waals surface area contributed by atoms with Crippen molar-refractivity contribution >= 4 is 54.8 Å².